The Bertz CT molecular complexity index is 227. The van der Waals surface area contributed by atoms with E-state index in [1.54, 1.807) is 0 Å². The van der Waals surface area contributed by atoms with E-state index in [4.69, 9.17) is 0 Å². The molecule has 4 unspecified atom stereocenters. The third kappa shape index (κ3) is 4.22. The Labute approximate surface area is 112 Å². The summed E-state index contributed by atoms with van der Waals surface area (Å²) in [5.41, 5.74) is 0. The minimum atomic E-state index is -0.174. The van der Waals surface area contributed by atoms with Gasteiger partial charge in [0.25, 0.3) is 0 Å². The van der Waals surface area contributed by atoms with Crippen molar-refractivity contribution in [2.45, 2.75) is 76.5 Å². The summed E-state index contributed by atoms with van der Waals surface area (Å²) in [6.07, 6.45) is 10.3. The topological polar surface area (TPSA) is 44.3 Å². The van der Waals surface area contributed by atoms with E-state index in [0.717, 1.165) is 24.9 Å². The molecule has 1 aliphatic carbocycles. The molecule has 4 atom stereocenters. The largest absolute Gasteiger partial charge is 0.393 e. The Kier molecular flexibility index (Phi) is 5.93. The van der Waals surface area contributed by atoms with Crippen molar-refractivity contribution in [3.63, 3.8) is 0 Å². The van der Waals surface area contributed by atoms with E-state index in [2.05, 4.69) is 10.6 Å². The normalized spacial score (nSPS) is 35.3. The van der Waals surface area contributed by atoms with Crippen molar-refractivity contribution in [3.8, 4) is 0 Å². The van der Waals surface area contributed by atoms with Crippen molar-refractivity contribution < 1.29 is 5.11 Å². The zero-order valence-electron chi connectivity index (χ0n) is 11.8. The van der Waals surface area contributed by atoms with E-state index in [1.807, 2.05) is 6.92 Å². The van der Waals surface area contributed by atoms with Crippen LogP contribution in [0.25, 0.3) is 0 Å². The molecule has 18 heavy (non-hydrogen) atoms. The van der Waals surface area contributed by atoms with Gasteiger partial charge in [0.15, 0.2) is 0 Å². The second kappa shape index (κ2) is 7.46. The Balaban J connectivity index is 1.80. The number of nitrogens with one attached hydrogen (secondary N) is 2. The van der Waals surface area contributed by atoms with Crippen LogP contribution in [-0.2, 0) is 0 Å². The van der Waals surface area contributed by atoms with Crippen LogP contribution in [0.5, 0.6) is 0 Å². The Morgan fingerprint density at radius 3 is 2.67 bits per heavy atom. The molecular formula is C15H30N2O. The Hall–Kier alpha value is -0.120. The van der Waals surface area contributed by atoms with Gasteiger partial charge in [-0.15, -0.1) is 0 Å². The van der Waals surface area contributed by atoms with Crippen LogP contribution in [0.2, 0.25) is 0 Å². The summed E-state index contributed by atoms with van der Waals surface area (Å²) < 4.78 is 0. The minimum Gasteiger partial charge on any atom is -0.393 e. The highest BCUT2D eigenvalue weighted by atomic mass is 16.3. The average molecular weight is 254 g/mol. The van der Waals surface area contributed by atoms with Gasteiger partial charge in [0.1, 0.15) is 0 Å². The van der Waals surface area contributed by atoms with Gasteiger partial charge in [0.2, 0.25) is 0 Å². The first-order chi connectivity index (χ1) is 8.77. The number of aliphatic hydroxyl groups is 1. The molecule has 1 heterocycles. The Morgan fingerprint density at radius 1 is 1.17 bits per heavy atom. The van der Waals surface area contributed by atoms with E-state index in [-0.39, 0.29) is 6.10 Å². The van der Waals surface area contributed by atoms with Crippen molar-refractivity contribution in [3.05, 3.63) is 0 Å². The van der Waals surface area contributed by atoms with Crippen LogP contribution >= 0.6 is 0 Å². The van der Waals surface area contributed by atoms with Gasteiger partial charge in [0, 0.05) is 12.1 Å². The summed E-state index contributed by atoms with van der Waals surface area (Å²) in [6.45, 7) is 4.05. The van der Waals surface area contributed by atoms with Gasteiger partial charge in [-0.3, -0.25) is 0 Å². The maximum atomic E-state index is 9.34. The van der Waals surface area contributed by atoms with E-state index in [9.17, 15) is 5.11 Å². The number of hydrogen-bond acceptors (Lipinski definition) is 3. The van der Waals surface area contributed by atoms with E-state index in [0.29, 0.717) is 6.04 Å². The molecule has 0 spiro atoms. The molecule has 3 N–H and O–H groups in total. The van der Waals surface area contributed by atoms with Crippen LogP contribution in [0.1, 0.15) is 58.3 Å². The van der Waals surface area contributed by atoms with E-state index < -0.39 is 0 Å². The zero-order valence-corrected chi connectivity index (χ0v) is 11.8. The van der Waals surface area contributed by atoms with Crippen LogP contribution < -0.4 is 10.6 Å². The molecule has 3 heteroatoms. The fraction of sp³-hybridized carbons (Fsp3) is 1.00. The molecule has 0 amide bonds. The summed E-state index contributed by atoms with van der Waals surface area (Å²) in [5, 5.41) is 16.8. The summed E-state index contributed by atoms with van der Waals surface area (Å²) in [7, 11) is 0. The average Bonchev–Trinajstić information content (AvgIpc) is 2.40. The fourth-order valence-electron chi connectivity index (χ4n) is 3.62. The molecule has 0 radical (unpaired) electrons. The third-order valence-electron chi connectivity index (χ3n) is 4.65. The first-order valence-electron chi connectivity index (χ1n) is 7.92. The van der Waals surface area contributed by atoms with Crippen LogP contribution in [0, 0.1) is 5.92 Å². The summed E-state index contributed by atoms with van der Waals surface area (Å²) >= 11 is 0. The molecule has 0 aromatic heterocycles. The molecular weight excluding hydrogens is 224 g/mol. The highest BCUT2D eigenvalue weighted by Gasteiger charge is 2.31. The van der Waals surface area contributed by atoms with Crippen molar-refractivity contribution in [2.24, 2.45) is 5.92 Å². The minimum absolute atomic E-state index is 0.174. The smallest absolute Gasteiger partial charge is 0.0524 e. The fourth-order valence-corrected chi connectivity index (χ4v) is 3.62. The van der Waals surface area contributed by atoms with Crippen molar-refractivity contribution in [2.75, 3.05) is 13.1 Å². The van der Waals surface area contributed by atoms with Crippen LogP contribution in [0.4, 0.5) is 0 Å². The third-order valence-corrected chi connectivity index (χ3v) is 4.65. The summed E-state index contributed by atoms with van der Waals surface area (Å²) in [5.74, 6) is 0.813. The van der Waals surface area contributed by atoms with Gasteiger partial charge in [-0.1, -0.05) is 19.3 Å². The number of aliphatic hydroxyl groups excluding tert-OH is 1. The molecule has 2 fully saturated rings. The number of hydrogen-bond donors (Lipinski definition) is 3. The van der Waals surface area contributed by atoms with Crippen molar-refractivity contribution in [1.82, 2.24) is 10.6 Å². The molecule has 2 rings (SSSR count). The van der Waals surface area contributed by atoms with Gasteiger partial charge >= 0.3 is 0 Å². The lowest BCUT2D eigenvalue weighted by atomic mass is 9.77. The summed E-state index contributed by atoms with van der Waals surface area (Å²) in [4.78, 5) is 0. The molecule has 0 aromatic rings. The predicted octanol–water partition coefficient (Wildman–Crippen LogP) is 2.05. The summed E-state index contributed by atoms with van der Waals surface area (Å²) in [6, 6.07) is 1.41. The van der Waals surface area contributed by atoms with Crippen LogP contribution in [0.3, 0.4) is 0 Å². The lowest BCUT2D eigenvalue weighted by molar-refractivity contribution is 0.160. The van der Waals surface area contributed by atoms with Gasteiger partial charge in [-0.25, -0.2) is 0 Å². The van der Waals surface area contributed by atoms with Gasteiger partial charge in [-0.05, 0) is 58.0 Å². The molecule has 0 bridgehead atoms. The quantitative estimate of drug-likeness (QED) is 0.703. The maximum absolute atomic E-state index is 9.34. The van der Waals surface area contributed by atoms with E-state index >= 15 is 0 Å². The SMILES string of the molecule is CC(O)CCNC1CCCCC1C1CCCCN1. The highest BCUT2D eigenvalue weighted by Crippen LogP contribution is 2.30. The first kappa shape index (κ1) is 14.3. The van der Waals surface area contributed by atoms with Crippen LogP contribution in [-0.4, -0.2) is 36.4 Å². The molecule has 1 saturated carbocycles. The molecule has 1 aliphatic heterocycles. The van der Waals surface area contributed by atoms with Crippen LogP contribution in [0.15, 0.2) is 0 Å². The monoisotopic (exact) mass is 254 g/mol. The molecule has 0 aromatic carbocycles. The lowest BCUT2D eigenvalue weighted by Gasteiger charge is -2.40. The predicted molar refractivity (Wildman–Crippen MR) is 75.7 cm³/mol. The molecule has 106 valence electrons. The number of rotatable bonds is 5. The molecule has 3 nitrogen and oxygen atoms in total. The van der Waals surface area contributed by atoms with Crippen molar-refractivity contribution >= 4 is 0 Å². The van der Waals surface area contributed by atoms with Gasteiger partial charge in [-0.2, -0.15) is 0 Å². The maximum Gasteiger partial charge on any atom is 0.0524 e. The second-order valence-electron chi connectivity index (χ2n) is 6.20. The van der Waals surface area contributed by atoms with Gasteiger partial charge in [0.05, 0.1) is 6.10 Å². The Morgan fingerprint density at radius 2 is 1.94 bits per heavy atom. The van der Waals surface area contributed by atoms with E-state index in [1.165, 1.54) is 51.5 Å². The lowest BCUT2D eigenvalue weighted by Crippen LogP contribution is -2.50. The standard InChI is InChI=1S/C15H30N2O/c1-12(18)9-11-17-15-7-3-2-6-13(15)14-8-4-5-10-16-14/h12-18H,2-11H2,1H3. The first-order valence-corrected chi connectivity index (χ1v) is 7.92. The second-order valence-corrected chi connectivity index (χ2v) is 6.20. The highest BCUT2D eigenvalue weighted by molar-refractivity contribution is 4.90. The zero-order chi connectivity index (χ0) is 12.8. The van der Waals surface area contributed by atoms with Crippen molar-refractivity contribution in [1.29, 1.82) is 0 Å². The molecule has 1 saturated heterocycles. The molecule has 2 aliphatic rings. The number of piperidine rings is 1. The van der Waals surface area contributed by atoms with Gasteiger partial charge < -0.3 is 15.7 Å².